The highest BCUT2D eigenvalue weighted by Crippen LogP contribution is 2.31. The van der Waals surface area contributed by atoms with Crippen molar-refractivity contribution in [1.29, 1.82) is 0 Å². The summed E-state index contributed by atoms with van der Waals surface area (Å²) in [6, 6.07) is 15.1. The minimum atomic E-state index is -2.50. The minimum absolute atomic E-state index is 0.0642. The van der Waals surface area contributed by atoms with Gasteiger partial charge in [-0.3, -0.25) is 14.4 Å². The lowest BCUT2D eigenvalue weighted by Gasteiger charge is -2.21. The molecule has 48 heavy (non-hydrogen) atoms. The fourth-order valence-corrected chi connectivity index (χ4v) is 4.12. The minimum Gasteiger partial charge on any atom is -0.423 e. The molecule has 0 spiro atoms. The van der Waals surface area contributed by atoms with Crippen molar-refractivity contribution in [2.24, 2.45) is 17.2 Å². The normalized spacial score (nSPS) is 12.8. The molecule has 2 aromatic carbocycles. The fourth-order valence-electron chi connectivity index (χ4n) is 4.12. The number of nitrogens with one attached hydrogen (secondary N) is 2. The van der Waals surface area contributed by atoms with Crippen LogP contribution in [-0.4, -0.2) is 80.0 Å². The molecule has 0 radical (unpaired) electrons. The quantitative estimate of drug-likeness (QED) is 0.146. The van der Waals surface area contributed by atoms with E-state index in [1.54, 1.807) is 17.0 Å². The zero-order valence-corrected chi connectivity index (χ0v) is 30.0. The SMILES string of the molecule is CC.CC(C)(F)F.CC1(C)OB(O)c2ccc(NC=O)cc21.CCNC(=O)C(N)CCC(=O)N(CCN)CCN.CCc1ccccc1. The smallest absolute Gasteiger partial charge is 0.423 e. The molecule has 0 bridgehead atoms. The number of alkyl halides is 2. The largest absolute Gasteiger partial charge is 0.492 e. The Morgan fingerprint density at radius 2 is 1.60 bits per heavy atom. The van der Waals surface area contributed by atoms with Crippen molar-refractivity contribution in [2.45, 2.75) is 92.2 Å². The Morgan fingerprint density at radius 1 is 1.06 bits per heavy atom. The van der Waals surface area contributed by atoms with E-state index in [4.69, 9.17) is 21.9 Å². The van der Waals surface area contributed by atoms with Gasteiger partial charge in [0.2, 0.25) is 24.1 Å². The van der Waals surface area contributed by atoms with Crippen LogP contribution in [0.15, 0.2) is 48.5 Å². The summed E-state index contributed by atoms with van der Waals surface area (Å²) >= 11 is 0. The van der Waals surface area contributed by atoms with E-state index >= 15 is 0 Å². The van der Waals surface area contributed by atoms with E-state index in [1.165, 1.54) is 5.56 Å². The number of hydrogen-bond donors (Lipinski definition) is 6. The summed E-state index contributed by atoms with van der Waals surface area (Å²) in [6.45, 7) is 15.7. The third-order valence-corrected chi connectivity index (χ3v) is 6.36. The van der Waals surface area contributed by atoms with E-state index < -0.39 is 24.7 Å². The Morgan fingerprint density at radius 3 is 2.04 bits per heavy atom. The van der Waals surface area contributed by atoms with Gasteiger partial charge in [0.05, 0.1) is 11.6 Å². The van der Waals surface area contributed by atoms with E-state index in [0.29, 0.717) is 51.2 Å². The Labute approximate surface area is 286 Å². The Hall–Kier alpha value is -3.43. The van der Waals surface area contributed by atoms with Crippen LogP contribution in [0.25, 0.3) is 0 Å². The molecule has 272 valence electrons. The van der Waals surface area contributed by atoms with Crippen molar-refractivity contribution in [1.82, 2.24) is 10.2 Å². The summed E-state index contributed by atoms with van der Waals surface area (Å²) in [7, 11) is -0.875. The summed E-state index contributed by atoms with van der Waals surface area (Å²) < 4.78 is 27.4. The number of rotatable bonds is 12. The number of nitrogens with zero attached hydrogens (tertiary/aromatic N) is 1. The Bertz CT molecular complexity index is 1160. The molecule has 1 atom stereocenters. The zero-order chi connectivity index (χ0) is 37.3. The number of nitrogens with two attached hydrogens (primary N) is 3. The number of anilines is 1. The molecule has 0 aliphatic carbocycles. The van der Waals surface area contributed by atoms with Gasteiger partial charge in [-0.2, -0.15) is 0 Å². The van der Waals surface area contributed by atoms with Crippen LogP contribution in [-0.2, 0) is 31.1 Å². The molecule has 2 aromatic rings. The second-order valence-electron chi connectivity index (χ2n) is 11.2. The number of amides is 3. The van der Waals surface area contributed by atoms with Crippen molar-refractivity contribution in [3.8, 4) is 0 Å². The van der Waals surface area contributed by atoms with E-state index in [-0.39, 0.29) is 18.2 Å². The summed E-state index contributed by atoms with van der Waals surface area (Å²) in [6.07, 6.45) is 2.33. The third kappa shape index (κ3) is 20.7. The first-order valence-electron chi connectivity index (χ1n) is 16.4. The first kappa shape index (κ1) is 46.7. The standard InChI is InChI=1S/C11H25N5O2.C10H12BNO3.C8H10.C3H6F2.C2H6/c1-2-15-11(18)9(14)3-4-10(17)16(7-5-12)8-6-13;1-10(2)8-5-7(12-6-13)3-4-9(8)11(14)15-10;1-2-8-6-4-3-5-7-8;1-3(2,4)5;1-2/h9H,2-8,12-14H2,1H3,(H,15,18);3-6,14H,1-2H3,(H,12,13);3-7H,2H2,1H3;1-2H3;1-2H3. The highest BCUT2D eigenvalue weighted by Gasteiger charge is 2.40. The lowest BCUT2D eigenvalue weighted by molar-refractivity contribution is -0.131. The summed E-state index contributed by atoms with van der Waals surface area (Å²) in [5.74, 6) is -2.79. The average molecular weight is 681 g/mol. The molecular formula is C34H59BF2N6O5. The maximum Gasteiger partial charge on any atom is 0.492 e. The number of benzene rings is 2. The molecular weight excluding hydrogens is 621 g/mol. The van der Waals surface area contributed by atoms with Gasteiger partial charge in [-0.25, -0.2) is 8.78 Å². The van der Waals surface area contributed by atoms with E-state index in [2.05, 4.69) is 41.8 Å². The van der Waals surface area contributed by atoms with Gasteiger partial charge in [0.1, 0.15) is 0 Å². The van der Waals surface area contributed by atoms with Crippen LogP contribution in [0.5, 0.6) is 0 Å². The maximum atomic E-state index is 11.8. The molecule has 11 nitrogen and oxygen atoms in total. The van der Waals surface area contributed by atoms with Gasteiger partial charge in [0, 0.05) is 44.8 Å². The molecule has 1 aliphatic rings. The maximum absolute atomic E-state index is 11.8. The van der Waals surface area contributed by atoms with Gasteiger partial charge in [0.15, 0.2) is 0 Å². The monoisotopic (exact) mass is 680 g/mol. The van der Waals surface area contributed by atoms with Crippen molar-refractivity contribution in [3.05, 3.63) is 59.7 Å². The fraction of sp³-hybridized carbons (Fsp3) is 0.559. The van der Waals surface area contributed by atoms with Crippen molar-refractivity contribution in [3.63, 3.8) is 0 Å². The van der Waals surface area contributed by atoms with Crippen molar-refractivity contribution >= 4 is 36.5 Å². The summed E-state index contributed by atoms with van der Waals surface area (Å²) in [5.41, 5.74) is 19.8. The Kier molecular flexibility index (Phi) is 24.9. The number of fused-ring (bicyclic) bond motifs is 1. The lowest BCUT2D eigenvalue weighted by Crippen LogP contribution is -2.43. The molecule has 0 fully saturated rings. The average Bonchev–Trinajstić information content (AvgIpc) is 3.27. The second-order valence-corrected chi connectivity index (χ2v) is 11.2. The van der Waals surface area contributed by atoms with Gasteiger partial charge in [-0.1, -0.05) is 57.2 Å². The zero-order valence-electron chi connectivity index (χ0n) is 30.0. The number of halogens is 2. The van der Waals surface area contributed by atoms with Gasteiger partial charge >= 0.3 is 7.12 Å². The predicted octanol–water partition coefficient (Wildman–Crippen LogP) is 3.12. The molecule has 1 aliphatic heterocycles. The van der Waals surface area contributed by atoms with Crippen molar-refractivity contribution < 1.29 is 32.8 Å². The number of carbonyl (C=O) groups is 3. The molecule has 9 N–H and O–H groups in total. The summed E-state index contributed by atoms with van der Waals surface area (Å²) in [4.78, 5) is 35.1. The second kappa shape index (κ2) is 25.6. The molecule has 3 rings (SSSR count). The van der Waals surface area contributed by atoms with Gasteiger partial charge in [-0.15, -0.1) is 0 Å². The van der Waals surface area contributed by atoms with Crippen molar-refractivity contribution in [2.75, 3.05) is 38.0 Å². The van der Waals surface area contributed by atoms with Crippen LogP contribution in [0.3, 0.4) is 0 Å². The number of aryl methyl sites for hydroxylation is 1. The van der Waals surface area contributed by atoms with Gasteiger partial charge < -0.3 is 42.4 Å². The van der Waals surface area contributed by atoms with E-state index in [9.17, 15) is 28.2 Å². The van der Waals surface area contributed by atoms with Crippen LogP contribution in [0.2, 0.25) is 0 Å². The first-order valence-corrected chi connectivity index (χ1v) is 16.4. The van der Waals surface area contributed by atoms with Crippen LogP contribution in [0.4, 0.5) is 14.5 Å². The molecule has 0 saturated heterocycles. The molecule has 14 heteroatoms. The highest BCUT2D eigenvalue weighted by molar-refractivity contribution is 6.62. The van der Waals surface area contributed by atoms with E-state index in [0.717, 1.165) is 31.3 Å². The Balaban J connectivity index is 0. The van der Waals surface area contributed by atoms with Gasteiger partial charge in [0.25, 0.3) is 0 Å². The predicted molar refractivity (Wildman–Crippen MR) is 192 cm³/mol. The summed E-state index contributed by atoms with van der Waals surface area (Å²) in [5, 5.41) is 14.8. The molecule has 0 saturated carbocycles. The highest BCUT2D eigenvalue weighted by atomic mass is 19.3. The lowest BCUT2D eigenvalue weighted by atomic mass is 9.78. The topological polar surface area (TPSA) is 186 Å². The van der Waals surface area contributed by atoms with Crippen LogP contribution in [0, 0.1) is 0 Å². The molecule has 3 amide bonds. The first-order chi connectivity index (χ1) is 22.5. The van der Waals surface area contributed by atoms with Crippen LogP contribution < -0.4 is 33.3 Å². The number of hydrogen-bond acceptors (Lipinski definition) is 8. The number of carbonyl (C=O) groups excluding carboxylic acids is 3. The van der Waals surface area contributed by atoms with Gasteiger partial charge in [-0.05, 0) is 76.2 Å². The molecule has 0 aromatic heterocycles. The molecule has 1 heterocycles. The molecule has 1 unspecified atom stereocenters. The number of likely N-dealkylation sites (N-methyl/N-ethyl adjacent to an activating group) is 1. The van der Waals surface area contributed by atoms with Crippen LogP contribution >= 0.6 is 0 Å². The third-order valence-electron chi connectivity index (χ3n) is 6.36. The van der Waals surface area contributed by atoms with E-state index in [1.807, 2.05) is 46.8 Å². The van der Waals surface area contributed by atoms with Crippen LogP contribution in [0.1, 0.15) is 79.4 Å².